The molecule has 0 saturated carbocycles. The molecule has 128 valence electrons. The molecule has 3 aromatic rings. The molecule has 0 spiro atoms. The van der Waals surface area contributed by atoms with E-state index in [9.17, 15) is 4.39 Å². The lowest BCUT2D eigenvalue weighted by Gasteiger charge is -2.38. The van der Waals surface area contributed by atoms with Crippen LogP contribution in [0.25, 0.3) is 10.9 Å². The van der Waals surface area contributed by atoms with Crippen LogP contribution in [0.2, 0.25) is 0 Å². The van der Waals surface area contributed by atoms with Crippen LogP contribution < -0.4 is 5.32 Å². The largest absolute Gasteiger partial charge is 0.381 e. The first-order valence-electron chi connectivity index (χ1n) is 8.55. The summed E-state index contributed by atoms with van der Waals surface area (Å²) >= 11 is 0. The number of hydrogen-bond donors (Lipinski definition) is 1. The van der Waals surface area contributed by atoms with Crippen molar-refractivity contribution >= 4 is 16.7 Å². The second kappa shape index (κ2) is 6.76. The number of nitrogens with one attached hydrogen (secondary N) is 1. The van der Waals surface area contributed by atoms with E-state index in [4.69, 9.17) is 4.74 Å². The Hall–Kier alpha value is -2.53. The molecule has 1 fully saturated rings. The summed E-state index contributed by atoms with van der Waals surface area (Å²) in [5, 5.41) is 4.16. The molecule has 4 rings (SSSR count). The van der Waals surface area contributed by atoms with Gasteiger partial charge in [-0.15, -0.1) is 0 Å². The molecule has 1 aliphatic rings. The van der Waals surface area contributed by atoms with Gasteiger partial charge in [0.25, 0.3) is 0 Å². The van der Waals surface area contributed by atoms with Gasteiger partial charge in [0, 0.05) is 30.6 Å². The van der Waals surface area contributed by atoms with Crippen molar-refractivity contribution in [3.8, 4) is 0 Å². The van der Waals surface area contributed by atoms with Gasteiger partial charge in [-0.3, -0.25) is 0 Å². The Kier molecular flexibility index (Phi) is 4.32. The predicted octanol–water partition coefficient (Wildman–Crippen LogP) is 3.93. The van der Waals surface area contributed by atoms with Crippen LogP contribution in [0.3, 0.4) is 0 Å². The van der Waals surface area contributed by atoms with Gasteiger partial charge < -0.3 is 10.1 Å². The molecule has 5 heteroatoms. The topological polar surface area (TPSA) is 47.0 Å². The van der Waals surface area contributed by atoms with Gasteiger partial charge in [-0.1, -0.05) is 36.4 Å². The van der Waals surface area contributed by atoms with Crippen LogP contribution in [0.1, 0.15) is 18.4 Å². The minimum Gasteiger partial charge on any atom is -0.381 e. The zero-order chi connectivity index (χ0) is 17.1. The number of fused-ring (bicyclic) bond motifs is 1. The van der Waals surface area contributed by atoms with Gasteiger partial charge in [-0.05, 0) is 30.5 Å². The van der Waals surface area contributed by atoms with Crippen molar-refractivity contribution in [2.45, 2.75) is 18.3 Å². The van der Waals surface area contributed by atoms with E-state index in [0.29, 0.717) is 16.7 Å². The second-order valence-corrected chi connectivity index (χ2v) is 6.47. The molecule has 0 aliphatic carbocycles. The van der Waals surface area contributed by atoms with Crippen molar-refractivity contribution in [2.75, 3.05) is 25.1 Å². The van der Waals surface area contributed by atoms with Gasteiger partial charge in [-0.2, -0.15) is 0 Å². The van der Waals surface area contributed by atoms with Crippen molar-refractivity contribution in [1.29, 1.82) is 0 Å². The normalized spacial score (nSPS) is 16.7. The van der Waals surface area contributed by atoms with Crippen molar-refractivity contribution < 1.29 is 9.13 Å². The van der Waals surface area contributed by atoms with E-state index in [-0.39, 0.29) is 11.2 Å². The maximum Gasteiger partial charge on any atom is 0.149 e. The zero-order valence-electron chi connectivity index (χ0n) is 13.9. The summed E-state index contributed by atoms with van der Waals surface area (Å²) < 4.78 is 19.5. The molecular formula is C20H20FN3O. The number of anilines is 1. The predicted molar refractivity (Wildman–Crippen MR) is 96.2 cm³/mol. The number of para-hydroxylation sites is 1. The van der Waals surface area contributed by atoms with Crippen LogP contribution in [0.15, 0.2) is 54.9 Å². The Morgan fingerprint density at radius 1 is 1.00 bits per heavy atom. The lowest BCUT2D eigenvalue weighted by atomic mass is 9.74. The third kappa shape index (κ3) is 3.07. The summed E-state index contributed by atoms with van der Waals surface area (Å²) in [5.74, 6) is 0.345. The maximum atomic E-state index is 14.0. The first-order valence-corrected chi connectivity index (χ1v) is 8.55. The summed E-state index contributed by atoms with van der Waals surface area (Å²) in [7, 11) is 0. The number of halogens is 1. The van der Waals surface area contributed by atoms with Gasteiger partial charge in [0.2, 0.25) is 0 Å². The molecular weight excluding hydrogens is 317 g/mol. The minimum absolute atomic E-state index is 0.00981. The molecule has 1 aromatic heterocycles. The summed E-state index contributed by atoms with van der Waals surface area (Å²) in [6.45, 7) is 2.22. The van der Waals surface area contributed by atoms with Gasteiger partial charge in [0.15, 0.2) is 0 Å². The van der Waals surface area contributed by atoms with Crippen molar-refractivity contribution in [1.82, 2.24) is 9.97 Å². The number of benzene rings is 2. The number of rotatable bonds is 4. The van der Waals surface area contributed by atoms with E-state index in [0.717, 1.165) is 32.6 Å². The van der Waals surface area contributed by atoms with Crippen molar-refractivity contribution in [3.05, 3.63) is 66.2 Å². The Morgan fingerprint density at radius 3 is 2.60 bits per heavy atom. The molecule has 2 heterocycles. The first kappa shape index (κ1) is 16.0. The van der Waals surface area contributed by atoms with E-state index in [2.05, 4.69) is 39.6 Å². The molecule has 4 nitrogen and oxygen atoms in total. The van der Waals surface area contributed by atoms with Crippen LogP contribution in [0.5, 0.6) is 0 Å². The summed E-state index contributed by atoms with van der Waals surface area (Å²) in [4.78, 5) is 8.40. The Bertz CT molecular complexity index is 863. The number of aromatic nitrogens is 2. The van der Waals surface area contributed by atoms with Crippen LogP contribution in [0, 0.1) is 5.82 Å². The molecule has 0 amide bonds. The Morgan fingerprint density at radius 2 is 1.80 bits per heavy atom. The van der Waals surface area contributed by atoms with E-state index >= 15 is 0 Å². The van der Waals surface area contributed by atoms with E-state index in [1.54, 1.807) is 6.07 Å². The van der Waals surface area contributed by atoms with Crippen molar-refractivity contribution in [2.24, 2.45) is 0 Å². The Labute approximate surface area is 146 Å². The van der Waals surface area contributed by atoms with E-state index in [1.807, 2.05) is 12.1 Å². The standard InChI is InChI=1S/C20H20FN3O/c21-17-8-4-7-16-18(17)23-14-24-19(16)22-13-20(9-11-25-12-10-20)15-5-2-1-3-6-15/h1-8,14H,9-13H2,(H,22,23,24). The highest BCUT2D eigenvalue weighted by Gasteiger charge is 2.34. The summed E-state index contributed by atoms with van der Waals surface area (Å²) in [6.07, 6.45) is 3.30. The quantitative estimate of drug-likeness (QED) is 0.784. The minimum atomic E-state index is -0.327. The first-order chi connectivity index (χ1) is 12.3. The highest BCUT2D eigenvalue weighted by molar-refractivity contribution is 5.89. The van der Waals surface area contributed by atoms with Crippen LogP contribution in [-0.2, 0) is 10.2 Å². The fourth-order valence-electron chi connectivity index (χ4n) is 3.57. The SMILES string of the molecule is Fc1cccc2c(NCC3(c4ccccc4)CCOCC3)ncnc12. The van der Waals surface area contributed by atoms with Crippen LogP contribution in [0.4, 0.5) is 10.2 Å². The van der Waals surface area contributed by atoms with E-state index < -0.39 is 0 Å². The highest BCUT2D eigenvalue weighted by Crippen LogP contribution is 2.35. The molecule has 0 radical (unpaired) electrons. The summed E-state index contributed by atoms with van der Waals surface area (Å²) in [6, 6.07) is 15.5. The number of nitrogens with zero attached hydrogens (tertiary/aromatic N) is 2. The molecule has 1 saturated heterocycles. The molecule has 0 unspecified atom stereocenters. The smallest absolute Gasteiger partial charge is 0.149 e. The third-order valence-corrected chi connectivity index (χ3v) is 5.05. The monoisotopic (exact) mass is 337 g/mol. The maximum absolute atomic E-state index is 14.0. The zero-order valence-corrected chi connectivity index (χ0v) is 13.9. The lowest BCUT2D eigenvalue weighted by Crippen LogP contribution is -2.40. The van der Waals surface area contributed by atoms with Crippen LogP contribution >= 0.6 is 0 Å². The molecule has 1 aliphatic heterocycles. The second-order valence-electron chi connectivity index (χ2n) is 6.47. The molecule has 2 aromatic carbocycles. The average Bonchev–Trinajstić information content (AvgIpc) is 2.68. The fraction of sp³-hybridized carbons (Fsp3) is 0.300. The molecule has 1 N–H and O–H groups in total. The fourth-order valence-corrected chi connectivity index (χ4v) is 3.57. The Balaban J connectivity index is 1.65. The van der Waals surface area contributed by atoms with Crippen molar-refractivity contribution in [3.63, 3.8) is 0 Å². The molecule has 25 heavy (non-hydrogen) atoms. The molecule has 0 atom stereocenters. The third-order valence-electron chi connectivity index (χ3n) is 5.05. The molecule has 0 bridgehead atoms. The number of ether oxygens (including phenoxy) is 1. The van der Waals surface area contributed by atoms with Gasteiger partial charge in [0.1, 0.15) is 23.5 Å². The average molecular weight is 337 g/mol. The van der Waals surface area contributed by atoms with Gasteiger partial charge >= 0.3 is 0 Å². The number of hydrogen-bond acceptors (Lipinski definition) is 4. The lowest BCUT2D eigenvalue weighted by molar-refractivity contribution is 0.0544. The van der Waals surface area contributed by atoms with E-state index in [1.165, 1.54) is 18.0 Å². The summed E-state index contributed by atoms with van der Waals surface area (Å²) in [5.41, 5.74) is 1.64. The van der Waals surface area contributed by atoms with Crippen LogP contribution in [-0.4, -0.2) is 29.7 Å². The van der Waals surface area contributed by atoms with Gasteiger partial charge in [-0.25, -0.2) is 14.4 Å². The van der Waals surface area contributed by atoms with Gasteiger partial charge in [0.05, 0.1) is 0 Å². The highest BCUT2D eigenvalue weighted by atomic mass is 19.1.